The van der Waals surface area contributed by atoms with Gasteiger partial charge in [-0.25, -0.2) is 0 Å². The molecule has 1 aliphatic rings. The highest BCUT2D eigenvalue weighted by Crippen LogP contribution is 2.18. The monoisotopic (exact) mass is 186 g/mol. The summed E-state index contributed by atoms with van der Waals surface area (Å²) in [4.78, 5) is 0. The summed E-state index contributed by atoms with van der Waals surface area (Å²) >= 11 is 0. The highest BCUT2D eigenvalue weighted by molar-refractivity contribution is 4.62. The predicted molar refractivity (Wildman–Crippen MR) is 53.6 cm³/mol. The van der Waals surface area contributed by atoms with E-state index in [9.17, 15) is 0 Å². The Morgan fingerprint density at radius 3 is 2.23 bits per heavy atom. The molecule has 2 nitrogen and oxygen atoms in total. The largest absolute Gasteiger partial charge is 0.352 e. The second-order valence-electron chi connectivity index (χ2n) is 3.89. The van der Waals surface area contributed by atoms with E-state index in [0.29, 0.717) is 5.92 Å². The van der Waals surface area contributed by atoms with E-state index >= 15 is 0 Å². The van der Waals surface area contributed by atoms with Crippen LogP contribution in [-0.4, -0.2) is 19.5 Å². The lowest BCUT2D eigenvalue weighted by molar-refractivity contribution is -0.204. The van der Waals surface area contributed by atoms with E-state index in [1.165, 1.54) is 25.7 Å². The maximum Gasteiger partial charge on any atom is 0.157 e. The van der Waals surface area contributed by atoms with Crippen molar-refractivity contribution < 1.29 is 9.47 Å². The number of ether oxygens (including phenoxy) is 2. The molecule has 78 valence electrons. The summed E-state index contributed by atoms with van der Waals surface area (Å²) in [5.74, 6) is 0.642. The van der Waals surface area contributed by atoms with Crippen LogP contribution < -0.4 is 0 Å². The van der Waals surface area contributed by atoms with E-state index in [-0.39, 0.29) is 6.29 Å². The van der Waals surface area contributed by atoms with Gasteiger partial charge in [0, 0.05) is 5.92 Å². The van der Waals surface area contributed by atoms with Crippen LogP contribution in [0.2, 0.25) is 0 Å². The lowest BCUT2D eigenvalue weighted by Crippen LogP contribution is -2.31. The maximum atomic E-state index is 5.62. The van der Waals surface area contributed by atoms with E-state index in [1.54, 1.807) is 0 Å². The van der Waals surface area contributed by atoms with Gasteiger partial charge in [0.05, 0.1) is 13.2 Å². The first kappa shape index (κ1) is 11.0. The van der Waals surface area contributed by atoms with Crippen molar-refractivity contribution in [3.8, 4) is 0 Å². The average molecular weight is 186 g/mol. The van der Waals surface area contributed by atoms with Gasteiger partial charge in [0.1, 0.15) is 0 Å². The van der Waals surface area contributed by atoms with Crippen LogP contribution in [0.4, 0.5) is 0 Å². The van der Waals surface area contributed by atoms with Gasteiger partial charge in [-0.2, -0.15) is 0 Å². The van der Waals surface area contributed by atoms with Crippen LogP contribution in [-0.2, 0) is 9.47 Å². The first-order chi connectivity index (χ1) is 6.36. The Morgan fingerprint density at radius 2 is 1.69 bits per heavy atom. The van der Waals surface area contributed by atoms with Gasteiger partial charge in [-0.3, -0.25) is 0 Å². The van der Waals surface area contributed by atoms with Crippen LogP contribution >= 0.6 is 0 Å². The van der Waals surface area contributed by atoms with E-state index in [4.69, 9.17) is 9.47 Å². The van der Waals surface area contributed by atoms with E-state index in [0.717, 1.165) is 19.6 Å². The molecule has 0 aromatic rings. The molecule has 0 N–H and O–H groups in total. The molecule has 1 aliphatic heterocycles. The molecule has 0 bridgehead atoms. The topological polar surface area (TPSA) is 18.5 Å². The van der Waals surface area contributed by atoms with Crippen LogP contribution in [0.1, 0.15) is 46.0 Å². The standard InChI is InChI=1S/C11H22O2/c1-3-5-7-11-12-8-10(6-4-2)9-13-11/h10-11H,3-9H2,1-2H3. The molecule has 0 aromatic heterocycles. The van der Waals surface area contributed by atoms with E-state index in [1.807, 2.05) is 0 Å². The fourth-order valence-corrected chi connectivity index (χ4v) is 1.70. The minimum Gasteiger partial charge on any atom is -0.352 e. The van der Waals surface area contributed by atoms with Crippen molar-refractivity contribution in [1.82, 2.24) is 0 Å². The van der Waals surface area contributed by atoms with Gasteiger partial charge < -0.3 is 9.47 Å². The molecular weight excluding hydrogens is 164 g/mol. The quantitative estimate of drug-likeness (QED) is 0.657. The van der Waals surface area contributed by atoms with Crippen molar-refractivity contribution in [3.63, 3.8) is 0 Å². The van der Waals surface area contributed by atoms with Crippen molar-refractivity contribution in [3.05, 3.63) is 0 Å². The Morgan fingerprint density at radius 1 is 1.00 bits per heavy atom. The van der Waals surface area contributed by atoms with Gasteiger partial charge in [-0.05, 0) is 19.3 Å². The zero-order valence-corrected chi connectivity index (χ0v) is 8.92. The molecule has 13 heavy (non-hydrogen) atoms. The van der Waals surface area contributed by atoms with Crippen molar-refractivity contribution in [2.45, 2.75) is 52.2 Å². The van der Waals surface area contributed by atoms with Crippen molar-refractivity contribution >= 4 is 0 Å². The Bertz CT molecular complexity index is 117. The highest BCUT2D eigenvalue weighted by atomic mass is 16.7. The van der Waals surface area contributed by atoms with E-state index < -0.39 is 0 Å². The molecule has 0 spiro atoms. The van der Waals surface area contributed by atoms with Crippen LogP contribution in [0.15, 0.2) is 0 Å². The summed E-state index contributed by atoms with van der Waals surface area (Å²) in [7, 11) is 0. The Kier molecular flexibility index (Phi) is 5.40. The molecule has 1 heterocycles. The average Bonchev–Trinajstić information content (AvgIpc) is 2.17. The third-order valence-electron chi connectivity index (χ3n) is 2.53. The molecule has 0 aliphatic carbocycles. The SMILES string of the molecule is CCCCC1OCC(CCC)CO1. The molecule has 0 unspecified atom stereocenters. The van der Waals surface area contributed by atoms with Gasteiger partial charge in [0.25, 0.3) is 0 Å². The zero-order chi connectivity index (χ0) is 9.52. The highest BCUT2D eigenvalue weighted by Gasteiger charge is 2.20. The molecule has 1 fully saturated rings. The van der Waals surface area contributed by atoms with Gasteiger partial charge in [-0.15, -0.1) is 0 Å². The number of hydrogen-bond donors (Lipinski definition) is 0. The molecule has 2 heteroatoms. The molecule has 0 radical (unpaired) electrons. The van der Waals surface area contributed by atoms with Crippen LogP contribution in [0.25, 0.3) is 0 Å². The summed E-state index contributed by atoms with van der Waals surface area (Å²) in [5, 5.41) is 0. The molecule has 0 saturated carbocycles. The minimum atomic E-state index is 0.0908. The molecule has 0 amide bonds. The first-order valence-electron chi connectivity index (χ1n) is 5.60. The second-order valence-corrected chi connectivity index (χ2v) is 3.89. The summed E-state index contributed by atoms with van der Waals surface area (Å²) in [5.41, 5.74) is 0. The van der Waals surface area contributed by atoms with Gasteiger partial charge in [-0.1, -0.05) is 26.7 Å². The fourth-order valence-electron chi connectivity index (χ4n) is 1.70. The normalized spacial score (nSPS) is 29.1. The molecule has 0 aromatic carbocycles. The molecule has 1 saturated heterocycles. The fraction of sp³-hybridized carbons (Fsp3) is 1.00. The molecular formula is C11H22O2. The van der Waals surface area contributed by atoms with Gasteiger partial charge in [0.2, 0.25) is 0 Å². The summed E-state index contributed by atoms with van der Waals surface area (Å²) in [6.45, 7) is 6.22. The predicted octanol–water partition coefficient (Wildman–Crippen LogP) is 2.97. The van der Waals surface area contributed by atoms with Crippen molar-refractivity contribution in [1.29, 1.82) is 0 Å². The maximum absolute atomic E-state index is 5.62. The smallest absolute Gasteiger partial charge is 0.157 e. The summed E-state index contributed by atoms with van der Waals surface area (Å²) in [6, 6.07) is 0. The lowest BCUT2D eigenvalue weighted by Gasteiger charge is -2.29. The lowest BCUT2D eigenvalue weighted by atomic mass is 10.1. The first-order valence-corrected chi connectivity index (χ1v) is 5.60. The minimum absolute atomic E-state index is 0.0908. The van der Waals surface area contributed by atoms with Crippen molar-refractivity contribution in [2.24, 2.45) is 5.92 Å². The third-order valence-corrected chi connectivity index (χ3v) is 2.53. The van der Waals surface area contributed by atoms with Crippen molar-refractivity contribution in [2.75, 3.05) is 13.2 Å². The van der Waals surface area contributed by atoms with Crippen LogP contribution in [0, 0.1) is 5.92 Å². The van der Waals surface area contributed by atoms with Gasteiger partial charge >= 0.3 is 0 Å². The number of unbranched alkanes of at least 4 members (excludes halogenated alkanes) is 1. The van der Waals surface area contributed by atoms with Crippen LogP contribution in [0.3, 0.4) is 0 Å². The van der Waals surface area contributed by atoms with Gasteiger partial charge in [0.15, 0.2) is 6.29 Å². The summed E-state index contributed by atoms with van der Waals surface area (Å²) in [6.07, 6.45) is 6.06. The Balaban J connectivity index is 2.08. The molecule has 0 atom stereocenters. The third kappa shape index (κ3) is 4.10. The Hall–Kier alpha value is -0.0800. The zero-order valence-electron chi connectivity index (χ0n) is 8.92. The number of rotatable bonds is 5. The van der Waals surface area contributed by atoms with Crippen LogP contribution in [0.5, 0.6) is 0 Å². The number of hydrogen-bond acceptors (Lipinski definition) is 2. The molecule has 1 rings (SSSR count). The Labute approximate surface area is 81.6 Å². The summed E-state index contributed by atoms with van der Waals surface area (Å²) < 4.78 is 11.2. The second kappa shape index (κ2) is 6.39. The van der Waals surface area contributed by atoms with E-state index in [2.05, 4.69) is 13.8 Å².